The van der Waals surface area contributed by atoms with Gasteiger partial charge in [0.25, 0.3) is 0 Å². The summed E-state index contributed by atoms with van der Waals surface area (Å²) >= 11 is 0. The van der Waals surface area contributed by atoms with Gasteiger partial charge in [0.15, 0.2) is 0 Å². The highest BCUT2D eigenvalue weighted by Crippen LogP contribution is 2.26. The number of benzene rings is 1. The molecular weight excluding hydrogens is 388 g/mol. The van der Waals surface area contributed by atoms with Crippen LogP contribution in [0.1, 0.15) is 51.3 Å². The number of nitrogens with one attached hydrogen (secondary N) is 1. The van der Waals surface area contributed by atoms with Gasteiger partial charge >= 0.3 is 6.09 Å². The van der Waals surface area contributed by atoms with Crippen LogP contribution in [0.25, 0.3) is 0 Å². The normalized spacial score (nSPS) is 17.9. The molecule has 0 aromatic heterocycles. The zero-order valence-electron chi connectivity index (χ0n) is 19.8. The molecule has 1 heterocycles. The molecule has 0 spiro atoms. The third-order valence-electron chi connectivity index (χ3n) is 5.73. The summed E-state index contributed by atoms with van der Waals surface area (Å²) in [6.45, 7) is 13.2. The maximum atomic E-state index is 12.7. The molecule has 0 fully saturated rings. The third kappa shape index (κ3) is 6.86. The number of rotatable bonds is 7. The Labute approximate surface area is 187 Å². The Morgan fingerprint density at radius 1 is 1.29 bits per heavy atom. The smallest absolute Gasteiger partial charge is 0.411 e. The van der Waals surface area contributed by atoms with Gasteiger partial charge in [-0.2, -0.15) is 0 Å². The fourth-order valence-corrected chi connectivity index (χ4v) is 3.74. The Balaban J connectivity index is 2.23. The van der Waals surface area contributed by atoms with Crippen LogP contribution < -0.4 is 5.32 Å². The lowest BCUT2D eigenvalue weighted by atomic mass is 9.97. The average Bonchev–Trinajstić information content (AvgIpc) is 2.72. The molecule has 0 radical (unpaired) electrons. The van der Waals surface area contributed by atoms with Crippen LogP contribution in [0.4, 0.5) is 4.79 Å². The number of carbonyl (C=O) groups excluding carboxylic acids is 1. The Bertz CT molecular complexity index is 922. The predicted octanol–water partition coefficient (Wildman–Crippen LogP) is 5.73. The van der Waals surface area contributed by atoms with Gasteiger partial charge in [-0.05, 0) is 55.5 Å². The number of allylic oxidation sites excluding steroid dienone is 3. The second-order valence-corrected chi connectivity index (χ2v) is 8.93. The van der Waals surface area contributed by atoms with Crippen molar-refractivity contribution in [1.29, 1.82) is 0 Å². The number of alkyl carbamates (subject to hydrolysis) is 1. The van der Waals surface area contributed by atoms with Crippen molar-refractivity contribution in [2.45, 2.75) is 46.6 Å². The number of aliphatic hydroxyl groups is 1. The molecule has 1 aliphatic heterocycles. The molecule has 1 aromatic rings. The van der Waals surface area contributed by atoms with Crippen molar-refractivity contribution >= 4 is 6.09 Å². The molecule has 5 heteroatoms. The molecular formula is C26H37N2O3+. The van der Waals surface area contributed by atoms with Crippen molar-refractivity contribution in [2.24, 2.45) is 0 Å². The zero-order valence-corrected chi connectivity index (χ0v) is 19.8. The van der Waals surface area contributed by atoms with E-state index in [-0.39, 0.29) is 11.9 Å². The zero-order chi connectivity index (χ0) is 23.2. The van der Waals surface area contributed by atoms with Crippen molar-refractivity contribution in [3.63, 3.8) is 0 Å². The average molecular weight is 426 g/mol. The van der Waals surface area contributed by atoms with Crippen LogP contribution in [0.3, 0.4) is 0 Å². The summed E-state index contributed by atoms with van der Waals surface area (Å²) in [5, 5.41) is 12.9. The van der Waals surface area contributed by atoms with Crippen LogP contribution in [0.5, 0.6) is 0 Å². The number of likely N-dealkylation sites (N-methyl/N-ethyl adjacent to an activating group) is 1. The Morgan fingerprint density at radius 3 is 2.61 bits per heavy atom. The number of aryl methyl sites for hydroxylation is 1. The number of carbonyl (C=O) groups is 1. The number of ether oxygens (including phenoxy) is 1. The second kappa shape index (κ2) is 10.5. The lowest BCUT2D eigenvalue weighted by Crippen LogP contribution is -2.47. The first-order valence-electron chi connectivity index (χ1n) is 10.9. The van der Waals surface area contributed by atoms with E-state index in [1.54, 1.807) is 13.0 Å². The molecule has 31 heavy (non-hydrogen) atoms. The van der Waals surface area contributed by atoms with E-state index in [0.717, 1.165) is 52.8 Å². The summed E-state index contributed by atoms with van der Waals surface area (Å²) in [6.07, 6.45) is 4.40. The summed E-state index contributed by atoms with van der Waals surface area (Å²) < 4.78 is 6.55. The van der Waals surface area contributed by atoms with Crippen molar-refractivity contribution in [3.8, 4) is 0 Å². The van der Waals surface area contributed by atoms with Crippen molar-refractivity contribution < 1.29 is 19.1 Å². The van der Waals surface area contributed by atoms with E-state index in [4.69, 9.17) is 4.74 Å². The SMILES string of the molecule is C=C(C)/C(O)=C\C=C(/C)C1=C(NC(=O)OC(C)c2ccccc2CC)CC[N+](C)(C)C1. The second-order valence-electron chi connectivity index (χ2n) is 8.93. The highest BCUT2D eigenvalue weighted by molar-refractivity contribution is 5.70. The molecule has 1 atom stereocenters. The lowest BCUT2D eigenvalue weighted by molar-refractivity contribution is -0.887. The van der Waals surface area contributed by atoms with Crippen molar-refractivity contribution in [3.05, 3.63) is 82.3 Å². The number of amides is 1. The van der Waals surface area contributed by atoms with Gasteiger partial charge in [0.05, 0.1) is 20.6 Å². The molecule has 0 aliphatic carbocycles. The molecule has 1 unspecified atom stereocenters. The number of hydrogen-bond donors (Lipinski definition) is 2. The highest BCUT2D eigenvalue weighted by Gasteiger charge is 2.28. The van der Waals surface area contributed by atoms with Crippen molar-refractivity contribution in [1.82, 2.24) is 5.32 Å². The van der Waals surface area contributed by atoms with Gasteiger partial charge in [-0.3, -0.25) is 5.32 Å². The largest absolute Gasteiger partial charge is 0.508 e. The summed E-state index contributed by atoms with van der Waals surface area (Å²) in [4.78, 5) is 12.7. The van der Waals surface area contributed by atoms with Gasteiger partial charge in [0.1, 0.15) is 18.4 Å². The minimum absolute atomic E-state index is 0.154. The van der Waals surface area contributed by atoms with Gasteiger partial charge in [-0.15, -0.1) is 0 Å². The monoisotopic (exact) mass is 425 g/mol. The molecule has 1 amide bonds. The van der Waals surface area contributed by atoms with Crippen LogP contribution in [-0.4, -0.2) is 42.9 Å². The van der Waals surface area contributed by atoms with Crippen LogP contribution in [0, 0.1) is 0 Å². The van der Waals surface area contributed by atoms with Gasteiger partial charge < -0.3 is 14.3 Å². The molecule has 2 rings (SSSR count). The Kier molecular flexibility index (Phi) is 8.28. The molecule has 5 nitrogen and oxygen atoms in total. The number of hydrogen-bond acceptors (Lipinski definition) is 3. The maximum Gasteiger partial charge on any atom is 0.411 e. The summed E-state index contributed by atoms with van der Waals surface area (Å²) in [6, 6.07) is 8.05. The number of nitrogens with zero attached hydrogens (tertiary/aromatic N) is 1. The fourth-order valence-electron chi connectivity index (χ4n) is 3.74. The Hall–Kier alpha value is -2.79. The topological polar surface area (TPSA) is 58.6 Å². The Morgan fingerprint density at radius 2 is 1.97 bits per heavy atom. The third-order valence-corrected chi connectivity index (χ3v) is 5.73. The van der Waals surface area contributed by atoms with Crippen LogP contribution >= 0.6 is 0 Å². The van der Waals surface area contributed by atoms with Gasteiger partial charge in [0.2, 0.25) is 0 Å². The standard InChI is InChI=1S/C26H36N2O3/c1-8-21-11-9-10-12-22(21)20(5)31-26(30)27-24-15-16-28(6,7)17-23(24)19(4)13-14-25(29)18(2)3/h9-14,20H,2,8,15-17H2,1,3-7H3,(H-,27,29,30)/p+1/b19-13+,25-14+. The van der Waals surface area contributed by atoms with E-state index in [1.165, 1.54) is 5.56 Å². The van der Waals surface area contributed by atoms with E-state index in [1.807, 2.05) is 38.1 Å². The van der Waals surface area contributed by atoms with Gasteiger partial charge in [-0.25, -0.2) is 4.79 Å². The van der Waals surface area contributed by atoms with Crippen LogP contribution in [-0.2, 0) is 11.2 Å². The molecule has 0 saturated carbocycles. The van der Waals surface area contributed by atoms with E-state index < -0.39 is 6.09 Å². The number of aliphatic hydroxyl groups excluding tert-OH is 1. The van der Waals surface area contributed by atoms with E-state index in [0.29, 0.717) is 5.57 Å². The summed E-state index contributed by atoms with van der Waals surface area (Å²) in [7, 11) is 4.35. The molecule has 2 N–H and O–H groups in total. The first kappa shape index (κ1) is 24.5. The molecule has 1 aromatic carbocycles. The fraction of sp³-hybridized carbons (Fsp3) is 0.423. The lowest BCUT2D eigenvalue weighted by Gasteiger charge is -2.36. The van der Waals surface area contributed by atoms with E-state index >= 15 is 0 Å². The van der Waals surface area contributed by atoms with Crippen molar-refractivity contribution in [2.75, 3.05) is 27.2 Å². The minimum atomic E-state index is -0.439. The van der Waals surface area contributed by atoms with Crippen LogP contribution in [0.2, 0.25) is 0 Å². The van der Waals surface area contributed by atoms with Crippen LogP contribution in [0.15, 0.2) is 71.2 Å². The summed E-state index contributed by atoms with van der Waals surface area (Å²) in [5.41, 5.74) is 5.78. The maximum absolute atomic E-state index is 12.7. The molecule has 168 valence electrons. The molecule has 0 bridgehead atoms. The first-order chi connectivity index (χ1) is 14.5. The molecule has 1 aliphatic rings. The minimum Gasteiger partial charge on any atom is -0.508 e. The number of quaternary nitrogens is 1. The van der Waals surface area contributed by atoms with E-state index in [2.05, 4.69) is 39.0 Å². The first-order valence-corrected chi connectivity index (χ1v) is 10.9. The summed E-state index contributed by atoms with van der Waals surface area (Å²) in [5.74, 6) is 0.154. The van der Waals surface area contributed by atoms with E-state index in [9.17, 15) is 9.90 Å². The van der Waals surface area contributed by atoms with Gasteiger partial charge in [-0.1, -0.05) is 43.8 Å². The molecule has 0 saturated heterocycles. The quantitative estimate of drug-likeness (QED) is 0.333. The predicted molar refractivity (Wildman–Crippen MR) is 127 cm³/mol. The highest BCUT2D eigenvalue weighted by atomic mass is 16.6. The van der Waals surface area contributed by atoms with Gasteiger partial charge in [0, 0.05) is 17.7 Å².